The number of H-pyrrole nitrogens is 1. The van der Waals surface area contributed by atoms with Gasteiger partial charge < -0.3 is 31.5 Å². The van der Waals surface area contributed by atoms with Gasteiger partial charge in [0.05, 0.1) is 17.6 Å². The summed E-state index contributed by atoms with van der Waals surface area (Å²) in [4.78, 5) is 63.2. The Morgan fingerprint density at radius 3 is 2.12 bits per heavy atom. The SMILES string of the molecule is CC(C)C[C@H](N)C(=O)C(O)[C@H]1O[C@@H](n2cc(/C=C/Br)c(=O)[nH]c2=O)C[C@@]1(O)C(=O)[C@@H](N)CC(C)C.O=C(O)C(F)(F)F. The zero-order valence-corrected chi connectivity index (χ0v) is 24.9. The molecule has 8 N–H and O–H groups in total. The molecule has 0 saturated carbocycles. The van der Waals surface area contributed by atoms with E-state index in [4.69, 9.17) is 26.1 Å². The molecule has 1 aromatic rings. The highest BCUT2D eigenvalue weighted by Crippen LogP contribution is 2.40. The van der Waals surface area contributed by atoms with Gasteiger partial charge in [-0.15, -0.1) is 0 Å². The predicted molar refractivity (Wildman–Crippen MR) is 147 cm³/mol. The zero-order chi connectivity index (χ0) is 32.7. The van der Waals surface area contributed by atoms with Crippen molar-refractivity contribution in [2.45, 2.75) is 89.3 Å². The summed E-state index contributed by atoms with van der Waals surface area (Å²) in [6.07, 6.45) is -7.41. The third-order valence-corrected chi connectivity index (χ3v) is 6.47. The van der Waals surface area contributed by atoms with Gasteiger partial charge in [0, 0.05) is 12.6 Å². The molecular formula is C25H36BrF3N4O9. The number of nitrogens with zero attached hydrogens (tertiary/aromatic N) is 1. The van der Waals surface area contributed by atoms with Crippen LogP contribution in [0.4, 0.5) is 13.2 Å². The summed E-state index contributed by atoms with van der Waals surface area (Å²) >= 11 is 3.06. The standard InChI is InChI=1S/C23H35BrN4O7.C2HF3O2/c1-11(2)7-14(25)17(29)18(30)20-23(34,19(31)15(26)8-12(3)4)9-16(35-20)28-10-13(5-6-24)21(32)27-22(28)33;3-2(4,5)1(6)7/h5-6,10-12,14-16,18,20,30,34H,7-9,25-26H2,1-4H3,(H,27,32,33);(H,6,7)/b6-5+;/t14-,15-,16+,18?,20+,23+;/m0./s1. The maximum atomic E-state index is 13.3. The number of nitrogens with one attached hydrogen (secondary N) is 1. The molecule has 1 saturated heterocycles. The second-order valence-corrected chi connectivity index (χ2v) is 11.2. The smallest absolute Gasteiger partial charge is 0.475 e. The first kappa shape index (κ1) is 37.3. The lowest BCUT2D eigenvalue weighted by molar-refractivity contribution is -0.192. The number of alkyl halides is 3. The highest BCUT2D eigenvalue weighted by Gasteiger charge is 2.58. The zero-order valence-electron chi connectivity index (χ0n) is 23.3. The van der Waals surface area contributed by atoms with Gasteiger partial charge in [0.2, 0.25) is 0 Å². The molecule has 1 unspecified atom stereocenters. The molecule has 42 heavy (non-hydrogen) atoms. The van der Waals surface area contributed by atoms with E-state index in [0.717, 1.165) is 4.57 Å². The fraction of sp³-hybridized carbons (Fsp3) is 0.640. The predicted octanol–water partition coefficient (Wildman–Crippen LogP) is 0.800. The topological polar surface area (TPSA) is 228 Å². The number of Topliss-reactive ketones (excluding diaryl/α,β-unsaturated/α-hetero) is 2. The molecule has 0 radical (unpaired) electrons. The van der Waals surface area contributed by atoms with Crippen molar-refractivity contribution in [3.63, 3.8) is 0 Å². The van der Waals surface area contributed by atoms with Crippen molar-refractivity contribution < 1.29 is 47.6 Å². The molecule has 13 nitrogen and oxygen atoms in total. The Labute approximate surface area is 246 Å². The fourth-order valence-corrected chi connectivity index (χ4v) is 4.57. The number of nitrogens with two attached hydrogens (primary N) is 2. The second kappa shape index (κ2) is 15.2. The summed E-state index contributed by atoms with van der Waals surface area (Å²) in [5.41, 5.74) is 8.21. The van der Waals surface area contributed by atoms with Crippen LogP contribution >= 0.6 is 15.9 Å². The molecule has 0 spiro atoms. The number of hydrogen-bond acceptors (Lipinski definition) is 10. The van der Waals surface area contributed by atoms with Gasteiger partial charge in [-0.05, 0) is 35.7 Å². The van der Waals surface area contributed by atoms with Crippen LogP contribution in [0, 0.1) is 11.8 Å². The lowest BCUT2D eigenvalue weighted by Gasteiger charge is -2.32. The van der Waals surface area contributed by atoms with E-state index in [9.17, 15) is 42.6 Å². The van der Waals surface area contributed by atoms with Crippen LogP contribution in [0.1, 0.15) is 58.7 Å². The van der Waals surface area contributed by atoms with Gasteiger partial charge in [-0.25, -0.2) is 9.59 Å². The van der Waals surface area contributed by atoms with Crippen LogP contribution in [0.3, 0.4) is 0 Å². The Morgan fingerprint density at radius 2 is 1.67 bits per heavy atom. The van der Waals surface area contributed by atoms with Gasteiger partial charge in [-0.2, -0.15) is 13.2 Å². The lowest BCUT2D eigenvalue weighted by atomic mass is 9.80. The van der Waals surface area contributed by atoms with E-state index in [2.05, 4.69) is 20.9 Å². The average Bonchev–Trinajstić information content (AvgIpc) is 3.21. The number of aromatic nitrogens is 2. The first-order chi connectivity index (χ1) is 19.2. The summed E-state index contributed by atoms with van der Waals surface area (Å²) in [5, 5.41) is 29.5. The molecule has 6 atom stereocenters. The van der Waals surface area contributed by atoms with Crippen molar-refractivity contribution >= 4 is 39.5 Å². The molecule has 0 aliphatic carbocycles. The molecule has 2 heterocycles. The van der Waals surface area contributed by atoms with Crippen molar-refractivity contribution in [2.24, 2.45) is 23.3 Å². The summed E-state index contributed by atoms with van der Waals surface area (Å²) in [6, 6.07) is -2.15. The minimum atomic E-state index is -5.08. The third-order valence-electron chi connectivity index (χ3n) is 6.21. The monoisotopic (exact) mass is 672 g/mol. The van der Waals surface area contributed by atoms with Crippen LogP contribution in [0.15, 0.2) is 20.8 Å². The molecule has 1 fully saturated rings. The van der Waals surface area contributed by atoms with Crippen LogP contribution < -0.4 is 22.7 Å². The maximum Gasteiger partial charge on any atom is 0.490 e. The van der Waals surface area contributed by atoms with Crippen molar-refractivity contribution in [1.29, 1.82) is 0 Å². The Bertz CT molecular complexity index is 1260. The Morgan fingerprint density at radius 1 is 1.17 bits per heavy atom. The number of carbonyl (C=O) groups excluding carboxylic acids is 2. The number of carboxylic acid groups (broad SMARTS) is 1. The average molecular weight is 673 g/mol. The van der Waals surface area contributed by atoms with Crippen LogP contribution in [0.2, 0.25) is 0 Å². The first-order valence-electron chi connectivity index (χ1n) is 12.7. The van der Waals surface area contributed by atoms with E-state index in [1.54, 1.807) is 0 Å². The lowest BCUT2D eigenvalue weighted by Crippen LogP contribution is -2.60. The summed E-state index contributed by atoms with van der Waals surface area (Å²) in [6.45, 7) is 7.41. The van der Waals surface area contributed by atoms with Crippen molar-refractivity contribution in [3.8, 4) is 0 Å². The number of carbonyl (C=O) groups is 3. The van der Waals surface area contributed by atoms with Gasteiger partial charge in [0.1, 0.15) is 18.4 Å². The largest absolute Gasteiger partial charge is 0.490 e. The number of carboxylic acids is 1. The number of aliphatic hydroxyl groups is 2. The van der Waals surface area contributed by atoms with Crippen LogP contribution in [0.25, 0.3) is 6.08 Å². The second-order valence-electron chi connectivity index (χ2n) is 10.7. The van der Waals surface area contributed by atoms with Crippen LogP contribution in [-0.2, 0) is 19.1 Å². The minimum absolute atomic E-state index is 0.0283. The highest BCUT2D eigenvalue weighted by atomic mass is 79.9. The fourth-order valence-electron chi connectivity index (χ4n) is 4.28. The van der Waals surface area contributed by atoms with Crippen LogP contribution in [0.5, 0.6) is 0 Å². The van der Waals surface area contributed by atoms with Gasteiger partial charge in [-0.1, -0.05) is 43.6 Å². The van der Waals surface area contributed by atoms with E-state index in [1.807, 2.05) is 27.7 Å². The molecular weight excluding hydrogens is 637 g/mol. The van der Waals surface area contributed by atoms with E-state index in [1.165, 1.54) is 17.3 Å². The number of ether oxygens (including phenoxy) is 1. The normalized spacial score (nSPS) is 23.0. The number of aromatic amines is 1. The minimum Gasteiger partial charge on any atom is -0.475 e. The number of hydrogen-bond donors (Lipinski definition) is 6. The van der Waals surface area contributed by atoms with Crippen LogP contribution in [-0.4, -0.2) is 78.5 Å². The molecule has 2 rings (SSSR count). The Hall–Kier alpha value is -2.70. The van der Waals surface area contributed by atoms with Crippen molar-refractivity contribution in [1.82, 2.24) is 9.55 Å². The third kappa shape index (κ3) is 9.67. The van der Waals surface area contributed by atoms with E-state index >= 15 is 0 Å². The van der Waals surface area contributed by atoms with Gasteiger partial charge in [0.25, 0.3) is 5.56 Å². The summed E-state index contributed by atoms with van der Waals surface area (Å²) in [5.74, 6) is -4.29. The first-order valence-corrected chi connectivity index (χ1v) is 13.7. The number of ketones is 2. The van der Waals surface area contributed by atoms with E-state index in [-0.39, 0.29) is 30.2 Å². The number of aliphatic carboxylic acids is 1. The molecule has 1 aromatic heterocycles. The van der Waals surface area contributed by atoms with Crippen molar-refractivity contribution in [2.75, 3.05) is 0 Å². The molecule has 17 heteroatoms. The molecule has 1 aliphatic rings. The molecule has 0 amide bonds. The summed E-state index contributed by atoms with van der Waals surface area (Å²) < 4.78 is 38.5. The molecule has 0 aromatic carbocycles. The number of halogens is 4. The molecule has 238 valence electrons. The van der Waals surface area contributed by atoms with E-state index in [0.29, 0.717) is 0 Å². The number of rotatable bonds is 11. The van der Waals surface area contributed by atoms with Gasteiger partial charge in [-0.3, -0.25) is 23.9 Å². The quantitative estimate of drug-likeness (QED) is 0.193. The summed E-state index contributed by atoms with van der Waals surface area (Å²) in [7, 11) is 0. The highest BCUT2D eigenvalue weighted by molar-refractivity contribution is 9.11. The van der Waals surface area contributed by atoms with Gasteiger partial charge in [0.15, 0.2) is 17.2 Å². The van der Waals surface area contributed by atoms with Gasteiger partial charge >= 0.3 is 17.8 Å². The molecule has 1 aliphatic heterocycles. The maximum absolute atomic E-state index is 13.3. The van der Waals surface area contributed by atoms with E-state index < -0.39 is 77.5 Å². The Balaban J connectivity index is 0.00000112. The van der Waals surface area contributed by atoms with Crippen molar-refractivity contribution in [3.05, 3.63) is 37.6 Å². The Kier molecular flexibility index (Phi) is 13.5. The molecule has 0 bridgehead atoms. The number of aliphatic hydroxyl groups excluding tert-OH is 1.